The Hall–Kier alpha value is -0.380. The molecule has 0 bridgehead atoms. The van der Waals surface area contributed by atoms with E-state index in [4.69, 9.17) is 0 Å². The smallest absolute Gasteiger partial charge is 0.0388 e. The molecule has 0 saturated carbocycles. The van der Waals surface area contributed by atoms with Crippen LogP contribution in [0, 0.1) is 0 Å². The minimum Gasteiger partial charge on any atom is -0.315 e. The molecule has 0 amide bonds. The Morgan fingerprint density at radius 3 is 3.23 bits per heavy atom. The lowest BCUT2D eigenvalue weighted by molar-refractivity contribution is 0.483. The Labute approximate surface area is 83.4 Å². The van der Waals surface area contributed by atoms with E-state index in [-0.39, 0.29) is 0 Å². The third-order valence-corrected chi connectivity index (χ3v) is 3.57. The van der Waals surface area contributed by atoms with Crippen molar-refractivity contribution in [2.75, 3.05) is 13.1 Å². The number of hydrogen-bond donors (Lipinski definition) is 2. The summed E-state index contributed by atoms with van der Waals surface area (Å²) in [7, 11) is 0. The highest BCUT2D eigenvalue weighted by atomic mass is 32.1. The third-order valence-electron chi connectivity index (χ3n) is 2.52. The second-order valence-corrected chi connectivity index (χ2v) is 4.57. The Kier molecular flexibility index (Phi) is 2.98. The van der Waals surface area contributed by atoms with Crippen LogP contribution in [0.25, 0.3) is 0 Å². The molecule has 1 saturated heterocycles. The van der Waals surface area contributed by atoms with Crippen LogP contribution in [-0.2, 0) is 0 Å². The van der Waals surface area contributed by atoms with Gasteiger partial charge in [0.25, 0.3) is 0 Å². The fourth-order valence-corrected chi connectivity index (χ4v) is 2.51. The zero-order chi connectivity index (χ0) is 9.10. The number of rotatable bonds is 3. The molecule has 72 valence electrons. The van der Waals surface area contributed by atoms with Crippen molar-refractivity contribution < 1.29 is 0 Å². The van der Waals surface area contributed by atoms with Crippen LogP contribution in [0.15, 0.2) is 17.5 Å². The number of nitrogens with one attached hydrogen (secondary N) is 2. The lowest BCUT2D eigenvalue weighted by Gasteiger charge is -2.17. The molecule has 1 aliphatic heterocycles. The van der Waals surface area contributed by atoms with Crippen molar-refractivity contribution in [1.82, 2.24) is 10.6 Å². The summed E-state index contributed by atoms with van der Waals surface area (Å²) in [5.74, 6) is 0. The first-order valence-electron chi connectivity index (χ1n) is 4.86. The van der Waals surface area contributed by atoms with Gasteiger partial charge < -0.3 is 10.6 Å². The summed E-state index contributed by atoms with van der Waals surface area (Å²) in [5.41, 5.74) is 0. The molecule has 1 aromatic rings. The predicted molar refractivity (Wildman–Crippen MR) is 57.1 cm³/mol. The Morgan fingerprint density at radius 2 is 2.62 bits per heavy atom. The van der Waals surface area contributed by atoms with Gasteiger partial charge in [0, 0.05) is 23.5 Å². The second kappa shape index (κ2) is 4.22. The van der Waals surface area contributed by atoms with Crippen molar-refractivity contribution >= 4 is 11.3 Å². The van der Waals surface area contributed by atoms with Crippen molar-refractivity contribution in [3.05, 3.63) is 22.4 Å². The quantitative estimate of drug-likeness (QED) is 0.770. The minimum absolute atomic E-state index is 0.505. The highest BCUT2D eigenvalue weighted by Crippen LogP contribution is 2.19. The van der Waals surface area contributed by atoms with E-state index < -0.39 is 0 Å². The molecule has 2 atom stereocenters. The van der Waals surface area contributed by atoms with Gasteiger partial charge in [0.15, 0.2) is 0 Å². The van der Waals surface area contributed by atoms with E-state index in [9.17, 15) is 0 Å². The Bertz CT molecular complexity index is 239. The van der Waals surface area contributed by atoms with Crippen LogP contribution in [0.5, 0.6) is 0 Å². The molecule has 13 heavy (non-hydrogen) atoms. The van der Waals surface area contributed by atoms with Crippen LogP contribution in [0.3, 0.4) is 0 Å². The third kappa shape index (κ3) is 2.30. The molecule has 0 spiro atoms. The molecular weight excluding hydrogens is 180 g/mol. The molecule has 1 aliphatic rings. The van der Waals surface area contributed by atoms with Crippen LogP contribution in [0.4, 0.5) is 0 Å². The average Bonchev–Trinajstić information content (AvgIpc) is 2.74. The van der Waals surface area contributed by atoms with Gasteiger partial charge in [-0.2, -0.15) is 0 Å². The molecule has 0 aromatic carbocycles. The fourth-order valence-electron chi connectivity index (χ4n) is 1.77. The summed E-state index contributed by atoms with van der Waals surface area (Å²) in [6, 6.07) is 5.48. The van der Waals surface area contributed by atoms with Crippen molar-refractivity contribution in [3.63, 3.8) is 0 Å². The van der Waals surface area contributed by atoms with Gasteiger partial charge >= 0.3 is 0 Å². The number of thiophene rings is 1. The Morgan fingerprint density at radius 1 is 1.69 bits per heavy atom. The first-order chi connectivity index (χ1) is 6.36. The number of hydrogen-bond acceptors (Lipinski definition) is 3. The van der Waals surface area contributed by atoms with E-state index >= 15 is 0 Å². The molecule has 2 N–H and O–H groups in total. The second-order valence-electron chi connectivity index (χ2n) is 3.59. The molecule has 1 fully saturated rings. The van der Waals surface area contributed by atoms with E-state index in [0.29, 0.717) is 12.1 Å². The minimum atomic E-state index is 0.505. The van der Waals surface area contributed by atoms with Gasteiger partial charge in [0.1, 0.15) is 0 Å². The summed E-state index contributed by atoms with van der Waals surface area (Å²) < 4.78 is 0. The van der Waals surface area contributed by atoms with Gasteiger partial charge in [-0.05, 0) is 31.3 Å². The standard InChI is InChI=1S/C10H16N2S/c1-8(10-3-2-6-13-10)12-9-4-5-11-7-9/h2-3,6,8-9,11-12H,4-5,7H2,1H3/t8?,9-/m1/s1. The molecule has 1 aromatic heterocycles. The monoisotopic (exact) mass is 196 g/mol. The largest absolute Gasteiger partial charge is 0.315 e. The molecular formula is C10H16N2S. The zero-order valence-corrected chi connectivity index (χ0v) is 8.73. The van der Waals surface area contributed by atoms with Gasteiger partial charge in [-0.1, -0.05) is 6.07 Å². The Balaban J connectivity index is 1.87. The molecule has 0 aliphatic carbocycles. The van der Waals surface area contributed by atoms with Crippen molar-refractivity contribution in [1.29, 1.82) is 0 Å². The fraction of sp³-hybridized carbons (Fsp3) is 0.600. The summed E-state index contributed by atoms with van der Waals surface area (Å²) in [5, 5.41) is 9.13. The van der Waals surface area contributed by atoms with Crippen LogP contribution in [-0.4, -0.2) is 19.1 Å². The maximum atomic E-state index is 3.63. The summed E-state index contributed by atoms with van der Waals surface area (Å²) in [4.78, 5) is 1.44. The average molecular weight is 196 g/mol. The molecule has 3 heteroatoms. The molecule has 2 rings (SSSR count). The van der Waals surface area contributed by atoms with Gasteiger partial charge in [0.05, 0.1) is 0 Å². The highest BCUT2D eigenvalue weighted by molar-refractivity contribution is 7.10. The van der Waals surface area contributed by atoms with Gasteiger partial charge in [-0.25, -0.2) is 0 Å². The van der Waals surface area contributed by atoms with E-state index in [0.717, 1.165) is 13.1 Å². The highest BCUT2D eigenvalue weighted by Gasteiger charge is 2.17. The summed E-state index contributed by atoms with van der Waals surface area (Å²) in [6.07, 6.45) is 1.26. The molecule has 1 unspecified atom stereocenters. The van der Waals surface area contributed by atoms with E-state index in [1.165, 1.54) is 11.3 Å². The predicted octanol–water partition coefficient (Wildman–Crippen LogP) is 1.76. The van der Waals surface area contributed by atoms with Crippen LogP contribution >= 0.6 is 11.3 Å². The lowest BCUT2D eigenvalue weighted by Crippen LogP contribution is -2.32. The topological polar surface area (TPSA) is 24.1 Å². The summed E-state index contributed by atoms with van der Waals surface area (Å²) in [6.45, 7) is 4.52. The molecule has 0 radical (unpaired) electrons. The van der Waals surface area contributed by atoms with E-state index in [1.807, 2.05) is 11.3 Å². The van der Waals surface area contributed by atoms with Crippen molar-refractivity contribution in [2.24, 2.45) is 0 Å². The van der Waals surface area contributed by atoms with Crippen LogP contribution in [0.2, 0.25) is 0 Å². The molecule has 2 nitrogen and oxygen atoms in total. The van der Waals surface area contributed by atoms with Gasteiger partial charge in [0.2, 0.25) is 0 Å². The van der Waals surface area contributed by atoms with Gasteiger partial charge in [-0.15, -0.1) is 11.3 Å². The van der Waals surface area contributed by atoms with E-state index in [2.05, 4.69) is 35.1 Å². The SMILES string of the molecule is CC(N[C@@H]1CCNC1)c1cccs1. The lowest BCUT2D eigenvalue weighted by atomic mass is 10.2. The van der Waals surface area contributed by atoms with Crippen LogP contribution in [0.1, 0.15) is 24.3 Å². The van der Waals surface area contributed by atoms with Crippen LogP contribution < -0.4 is 10.6 Å². The zero-order valence-electron chi connectivity index (χ0n) is 7.92. The maximum Gasteiger partial charge on any atom is 0.0388 e. The normalized spacial score (nSPS) is 24.8. The van der Waals surface area contributed by atoms with Crippen molar-refractivity contribution in [2.45, 2.75) is 25.4 Å². The van der Waals surface area contributed by atoms with Crippen molar-refractivity contribution in [3.8, 4) is 0 Å². The van der Waals surface area contributed by atoms with Gasteiger partial charge in [-0.3, -0.25) is 0 Å². The summed E-state index contributed by atoms with van der Waals surface area (Å²) >= 11 is 1.83. The maximum absolute atomic E-state index is 3.63. The first kappa shape index (κ1) is 9.19. The first-order valence-corrected chi connectivity index (χ1v) is 5.74. The molecule has 2 heterocycles. The van der Waals surface area contributed by atoms with E-state index in [1.54, 1.807) is 0 Å².